The van der Waals surface area contributed by atoms with Crippen LogP contribution < -0.4 is 5.32 Å². The van der Waals surface area contributed by atoms with Crippen LogP contribution in [0.25, 0.3) is 0 Å². The fourth-order valence-corrected chi connectivity index (χ4v) is 4.43. The van der Waals surface area contributed by atoms with E-state index in [-0.39, 0.29) is 6.04 Å². The zero-order valence-electron chi connectivity index (χ0n) is 13.7. The van der Waals surface area contributed by atoms with Gasteiger partial charge in [-0.1, -0.05) is 19.8 Å². The molecule has 1 saturated carbocycles. The molecule has 2 unspecified atom stereocenters. The molecule has 0 aromatic heterocycles. The summed E-state index contributed by atoms with van der Waals surface area (Å²) in [5.74, 6) is 1.73. The summed E-state index contributed by atoms with van der Waals surface area (Å²) in [6.07, 6.45) is 8.10. The van der Waals surface area contributed by atoms with Crippen molar-refractivity contribution < 1.29 is 4.79 Å². The number of rotatable bonds is 4. The Bertz CT molecular complexity index is 359. The third-order valence-corrected chi connectivity index (χ3v) is 5.87. The molecule has 0 bridgehead atoms. The minimum absolute atomic E-state index is 0.0198. The van der Waals surface area contributed by atoms with Gasteiger partial charge in [0.2, 0.25) is 5.91 Å². The lowest BCUT2D eigenvalue weighted by atomic mass is 9.95. The summed E-state index contributed by atoms with van der Waals surface area (Å²) in [7, 11) is 0. The number of nitrogens with one attached hydrogen (secondary N) is 1. The van der Waals surface area contributed by atoms with Crippen LogP contribution in [0.5, 0.6) is 0 Å². The number of hydrogen-bond donors (Lipinski definition) is 1. The average molecular weight is 293 g/mol. The van der Waals surface area contributed by atoms with Crippen LogP contribution in [0.1, 0.15) is 52.4 Å². The van der Waals surface area contributed by atoms with Gasteiger partial charge in [-0.05, 0) is 64.1 Å². The molecule has 2 heterocycles. The van der Waals surface area contributed by atoms with Crippen molar-refractivity contribution in [2.24, 2.45) is 11.8 Å². The van der Waals surface area contributed by atoms with Gasteiger partial charge in [0.25, 0.3) is 0 Å². The van der Waals surface area contributed by atoms with Crippen LogP contribution in [-0.4, -0.2) is 54.1 Å². The maximum atomic E-state index is 12.5. The monoisotopic (exact) mass is 293 g/mol. The molecule has 0 spiro atoms. The normalized spacial score (nSPS) is 33.2. The molecule has 21 heavy (non-hydrogen) atoms. The van der Waals surface area contributed by atoms with E-state index in [0.29, 0.717) is 23.9 Å². The molecule has 1 N–H and O–H groups in total. The maximum Gasteiger partial charge on any atom is 0.240 e. The van der Waals surface area contributed by atoms with E-state index < -0.39 is 0 Å². The minimum Gasteiger partial charge on any atom is -0.325 e. The molecule has 0 radical (unpaired) electrons. The predicted octanol–water partition coefficient (Wildman–Crippen LogP) is 2.05. The Morgan fingerprint density at radius 3 is 2.43 bits per heavy atom. The van der Waals surface area contributed by atoms with E-state index in [1.165, 1.54) is 58.2 Å². The average Bonchev–Trinajstić information content (AvgIpc) is 3.12. The Balaban J connectivity index is 1.60. The van der Waals surface area contributed by atoms with Gasteiger partial charge in [0.15, 0.2) is 0 Å². The first-order valence-electron chi connectivity index (χ1n) is 8.98. The molecular weight excluding hydrogens is 262 g/mol. The number of nitrogens with zero attached hydrogens (tertiary/aromatic N) is 2. The first-order valence-corrected chi connectivity index (χ1v) is 8.98. The summed E-state index contributed by atoms with van der Waals surface area (Å²) < 4.78 is 0. The predicted molar refractivity (Wildman–Crippen MR) is 84.9 cm³/mol. The van der Waals surface area contributed by atoms with E-state index in [1.807, 2.05) is 6.92 Å². The number of hydrogen-bond acceptors (Lipinski definition) is 3. The summed E-state index contributed by atoms with van der Waals surface area (Å²) in [5, 5.41) is 3.57. The standard InChI is InChI=1S/C17H31N3O/c1-3-19-10-8-14(9-11-19)12-20-16(15-6-4-5-7-15)18-13(2)17(20)21/h13-16,18H,3-12H2,1-2H3. The Morgan fingerprint density at radius 1 is 1.14 bits per heavy atom. The van der Waals surface area contributed by atoms with Crippen molar-refractivity contribution in [3.63, 3.8) is 0 Å². The Labute approximate surface area is 129 Å². The third kappa shape index (κ3) is 3.26. The van der Waals surface area contributed by atoms with Crippen molar-refractivity contribution in [2.45, 2.75) is 64.6 Å². The molecule has 120 valence electrons. The van der Waals surface area contributed by atoms with Gasteiger partial charge in [-0.15, -0.1) is 0 Å². The fraction of sp³-hybridized carbons (Fsp3) is 0.941. The molecule has 2 aliphatic heterocycles. The zero-order chi connectivity index (χ0) is 14.8. The first-order chi connectivity index (χ1) is 10.2. The zero-order valence-corrected chi connectivity index (χ0v) is 13.7. The second kappa shape index (κ2) is 6.66. The smallest absolute Gasteiger partial charge is 0.240 e. The molecule has 0 aromatic rings. The van der Waals surface area contributed by atoms with E-state index in [0.717, 1.165) is 6.54 Å². The van der Waals surface area contributed by atoms with E-state index in [4.69, 9.17) is 0 Å². The molecule has 4 nitrogen and oxygen atoms in total. The number of carbonyl (C=O) groups is 1. The topological polar surface area (TPSA) is 35.6 Å². The van der Waals surface area contributed by atoms with Crippen LogP contribution in [0.2, 0.25) is 0 Å². The van der Waals surface area contributed by atoms with Crippen molar-refractivity contribution in [3.05, 3.63) is 0 Å². The SMILES string of the molecule is CCN1CCC(CN2C(=O)C(C)NC2C2CCCC2)CC1. The third-order valence-electron chi connectivity index (χ3n) is 5.87. The summed E-state index contributed by atoms with van der Waals surface area (Å²) in [6, 6.07) is 0.0198. The van der Waals surface area contributed by atoms with Gasteiger partial charge < -0.3 is 9.80 Å². The highest BCUT2D eigenvalue weighted by atomic mass is 16.2. The van der Waals surface area contributed by atoms with E-state index in [1.54, 1.807) is 0 Å². The Morgan fingerprint density at radius 2 is 1.81 bits per heavy atom. The summed E-state index contributed by atoms with van der Waals surface area (Å²) >= 11 is 0. The molecule has 1 amide bonds. The highest BCUT2D eigenvalue weighted by Gasteiger charge is 2.42. The van der Waals surface area contributed by atoms with E-state index in [9.17, 15) is 4.79 Å². The van der Waals surface area contributed by atoms with Crippen molar-refractivity contribution in [1.29, 1.82) is 0 Å². The summed E-state index contributed by atoms with van der Waals surface area (Å²) in [4.78, 5) is 17.2. The van der Waals surface area contributed by atoms with Gasteiger partial charge >= 0.3 is 0 Å². The quantitative estimate of drug-likeness (QED) is 0.862. The molecule has 2 saturated heterocycles. The summed E-state index contributed by atoms with van der Waals surface area (Å²) in [6.45, 7) is 8.84. The molecule has 1 aliphatic carbocycles. The van der Waals surface area contributed by atoms with E-state index in [2.05, 4.69) is 22.0 Å². The van der Waals surface area contributed by atoms with Gasteiger partial charge in [-0.3, -0.25) is 10.1 Å². The second-order valence-electron chi connectivity index (χ2n) is 7.25. The van der Waals surface area contributed by atoms with Crippen molar-refractivity contribution in [2.75, 3.05) is 26.2 Å². The molecule has 0 aromatic carbocycles. The Kier molecular flexibility index (Phi) is 4.85. The van der Waals surface area contributed by atoms with Gasteiger partial charge in [-0.25, -0.2) is 0 Å². The first kappa shape index (κ1) is 15.3. The second-order valence-corrected chi connectivity index (χ2v) is 7.25. The number of likely N-dealkylation sites (tertiary alicyclic amines) is 1. The lowest BCUT2D eigenvalue weighted by Gasteiger charge is -2.36. The maximum absolute atomic E-state index is 12.5. The number of amides is 1. The molecule has 4 heteroatoms. The van der Waals surface area contributed by atoms with Crippen LogP contribution in [0, 0.1) is 11.8 Å². The van der Waals surface area contributed by atoms with Crippen LogP contribution in [-0.2, 0) is 4.79 Å². The lowest BCUT2D eigenvalue weighted by molar-refractivity contribution is -0.131. The lowest BCUT2D eigenvalue weighted by Crippen LogP contribution is -2.46. The summed E-state index contributed by atoms with van der Waals surface area (Å²) in [5.41, 5.74) is 0. The van der Waals surface area contributed by atoms with Crippen molar-refractivity contribution in [3.8, 4) is 0 Å². The molecule has 3 fully saturated rings. The van der Waals surface area contributed by atoms with Gasteiger partial charge in [0.05, 0.1) is 12.2 Å². The Hall–Kier alpha value is -0.610. The van der Waals surface area contributed by atoms with Gasteiger partial charge in [0.1, 0.15) is 0 Å². The van der Waals surface area contributed by atoms with Crippen LogP contribution in [0.15, 0.2) is 0 Å². The van der Waals surface area contributed by atoms with Crippen LogP contribution >= 0.6 is 0 Å². The fourth-order valence-electron chi connectivity index (χ4n) is 4.43. The van der Waals surface area contributed by atoms with Gasteiger partial charge in [0, 0.05) is 6.54 Å². The molecule has 3 rings (SSSR count). The minimum atomic E-state index is 0.0198. The highest BCUT2D eigenvalue weighted by Crippen LogP contribution is 2.33. The van der Waals surface area contributed by atoms with Crippen LogP contribution in [0.3, 0.4) is 0 Å². The van der Waals surface area contributed by atoms with E-state index >= 15 is 0 Å². The van der Waals surface area contributed by atoms with Crippen LogP contribution in [0.4, 0.5) is 0 Å². The number of piperidine rings is 1. The molecule has 3 aliphatic rings. The molecule has 2 atom stereocenters. The van der Waals surface area contributed by atoms with Gasteiger partial charge in [-0.2, -0.15) is 0 Å². The van der Waals surface area contributed by atoms with Crippen molar-refractivity contribution >= 4 is 5.91 Å². The molecular formula is C17H31N3O. The largest absolute Gasteiger partial charge is 0.325 e. The van der Waals surface area contributed by atoms with Crippen molar-refractivity contribution in [1.82, 2.24) is 15.1 Å². The highest BCUT2D eigenvalue weighted by molar-refractivity contribution is 5.84. The number of carbonyl (C=O) groups excluding carboxylic acids is 1.